The van der Waals surface area contributed by atoms with E-state index in [1.807, 2.05) is 24.7 Å². The number of hydrogen-bond donors (Lipinski definition) is 3. The maximum atomic E-state index is 11.7. The van der Waals surface area contributed by atoms with Gasteiger partial charge in [-0.05, 0) is 19.8 Å². The SMILES string of the molecule is CCC(=O)NC1CC2(CC(c3cnc4c(cnn4CC)c3NC3CC(C(=O)O)C3)=NO2)C1. The Kier molecular flexibility index (Phi) is 5.02. The van der Waals surface area contributed by atoms with Gasteiger partial charge in [0, 0.05) is 56.1 Å². The second kappa shape index (κ2) is 7.75. The molecule has 2 fully saturated rings. The number of carboxylic acids is 1. The van der Waals surface area contributed by atoms with E-state index in [2.05, 4.69) is 25.9 Å². The number of carbonyl (C=O) groups excluding carboxylic acids is 1. The average molecular weight is 441 g/mol. The molecule has 0 unspecified atom stereocenters. The molecule has 2 saturated carbocycles. The molecule has 5 rings (SSSR count). The van der Waals surface area contributed by atoms with E-state index in [0.717, 1.165) is 40.8 Å². The zero-order chi connectivity index (χ0) is 22.5. The summed E-state index contributed by atoms with van der Waals surface area (Å²) in [4.78, 5) is 33.4. The predicted octanol–water partition coefficient (Wildman–Crippen LogP) is 2.28. The van der Waals surface area contributed by atoms with E-state index >= 15 is 0 Å². The second-order valence-corrected chi connectivity index (χ2v) is 9.11. The molecule has 10 heteroatoms. The summed E-state index contributed by atoms with van der Waals surface area (Å²) in [6.07, 6.45) is 7.39. The van der Waals surface area contributed by atoms with Crippen molar-refractivity contribution in [2.75, 3.05) is 5.32 Å². The number of nitrogens with zero attached hydrogens (tertiary/aromatic N) is 4. The third-order valence-electron chi connectivity index (χ3n) is 6.87. The number of aryl methyl sites for hydroxylation is 1. The van der Waals surface area contributed by atoms with Crippen molar-refractivity contribution in [1.82, 2.24) is 20.1 Å². The first-order valence-corrected chi connectivity index (χ1v) is 11.3. The third-order valence-corrected chi connectivity index (χ3v) is 6.87. The van der Waals surface area contributed by atoms with Crippen LogP contribution in [0, 0.1) is 5.92 Å². The van der Waals surface area contributed by atoms with Crippen LogP contribution in [-0.4, -0.2) is 55.1 Å². The molecule has 1 aliphatic heterocycles. The summed E-state index contributed by atoms with van der Waals surface area (Å²) in [6.45, 7) is 4.57. The maximum absolute atomic E-state index is 11.7. The number of rotatable bonds is 7. The Bertz CT molecular complexity index is 1100. The van der Waals surface area contributed by atoms with E-state index in [1.54, 1.807) is 6.20 Å². The number of amides is 1. The molecule has 1 spiro atoms. The summed E-state index contributed by atoms with van der Waals surface area (Å²) in [5.41, 5.74) is 2.99. The highest BCUT2D eigenvalue weighted by atomic mass is 16.7. The Morgan fingerprint density at radius 1 is 1.25 bits per heavy atom. The highest BCUT2D eigenvalue weighted by molar-refractivity contribution is 6.11. The summed E-state index contributed by atoms with van der Waals surface area (Å²) in [6, 6.07) is 0.209. The smallest absolute Gasteiger partial charge is 0.306 e. The van der Waals surface area contributed by atoms with Gasteiger partial charge in [0.1, 0.15) is 5.60 Å². The topological polar surface area (TPSA) is 131 Å². The zero-order valence-corrected chi connectivity index (χ0v) is 18.3. The number of carboxylic acid groups (broad SMARTS) is 1. The molecule has 1 amide bonds. The molecule has 2 aliphatic carbocycles. The van der Waals surface area contributed by atoms with E-state index in [4.69, 9.17) is 4.84 Å². The Morgan fingerprint density at radius 3 is 2.72 bits per heavy atom. The lowest BCUT2D eigenvalue weighted by Crippen LogP contribution is -2.55. The van der Waals surface area contributed by atoms with Gasteiger partial charge in [-0.2, -0.15) is 5.10 Å². The molecule has 0 atom stereocenters. The molecule has 0 saturated heterocycles. The molecule has 0 aromatic carbocycles. The summed E-state index contributed by atoms with van der Waals surface area (Å²) < 4.78 is 1.84. The standard InChI is InChI=1S/C22H28N6O4/c1-3-18(29)25-14-7-22(8-14)9-17(27-32-22)15-10-23-20-16(11-24-28(20)4-2)19(15)26-13-5-12(6-13)21(30)31/h10-14H,3-9H2,1-2H3,(H,23,26)(H,25,29)(H,30,31). The van der Waals surface area contributed by atoms with Crippen molar-refractivity contribution >= 4 is 34.3 Å². The first-order chi connectivity index (χ1) is 15.4. The molecule has 170 valence electrons. The molecule has 3 aliphatic rings. The third kappa shape index (κ3) is 3.47. The van der Waals surface area contributed by atoms with Crippen molar-refractivity contribution in [3.63, 3.8) is 0 Å². The lowest BCUT2D eigenvalue weighted by atomic mass is 9.72. The van der Waals surface area contributed by atoms with Gasteiger partial charge in [0.15, 0.2) is 5.65 Å². The molecular weight excluding hydrogens is 412 g/mol. The van der Waals surface area contributed by atoms with Crippen molar-refractivity contribution in [1.29, 1.82) is 0 Å². The van der Waals surface area contributed by atoms with Crippen LogP contribution in [0.5, 0.6) is 0 Å². The van der Waals surface area contributed by atoms with Crippen molar-refractivity contribution < 1.29 is 19.5 Å². The van der Waals surface area contributed by atoms with Crippen LogP contribution in [-0.2, 0) is 21.0 Å². The number of nitrogens with one attached hydrogen (secondary N) is 2. The first kappa shape index (κ1) is 20.7. The van der Waals surface area contributed by atoms with Crippen LogP contribution in [0.2, 0.25) is 0 Å². The quantitative estimate of drug-likeness (QED) is 0.602. The van der Waals surface area contributed by atoms with Gasteiger partial charge in [0.25, 0.3) is 0 Å². The lowest BCUT2D eigenvalue weighted by Gasteiger charge is -2.42. The summed E-state index contributed by atoms with van der Waals surface area (Å²) >= 11 is 0. The van der Waals surface area contributed by atoms with E-state index in [9.17, 15) is 14.7 Å². The molecule has 2 aromatic heterocycles. The Hall–Kier alpha value is -3.17. The summed E-state index contributed by atoms with van der Waals surface area (Å²) in [5.74, 6) is -0.988. The normalized spacial score (nSPS) is 28.6. The summed E-state index contributed by atoms with van der Waals surface area (Å²) in [7, 11) is 0. The van der Waals surface area contributed by atoms with Gasteiger partial charge in [0.05, 0.1) is 28.9 Å². The number of carbonyl (C=O) groups is 2. The van der Waals surface area contributed by atoms with Gasteiger partial charge < -0.3 is 20.6 Å². The van der Waals surface area contributed by atoms with Crippen LogP contribution < -0.4 is 10.6 Å². The Morgan fingerprint density at radius 2 is 2.03 bits per heavy atom. The maximum Gasteiger partial charge on any atom is 0.306 e. The minimum absolute atomic E-state index is 0.0539. The largest absolute Gasteiger partial charge is 0.481 e. The fourth-order valence-corrected chi connectivity index (χ4v) is 4.93. The van der Waals surface area contributed by atoms with E-state index < -0.39 is 5.97 Å². The number of fused-ring (bicyclic) bond motifs is 1. The van der Waals surface area contributed by atoms with Crippen LogP contribution >= 0.6 is 0 Å². The molecule has 3 heterocycles. The molecule has 10 nitrogen and oxygen atoms in total. The van der Waals surface area contributed by atoms with Crippen LogP contribution in [0.4, 0.5) is 5.69 Å². The Labute approximate surface area is 185 Å². The van der Waals surface area contributed by atoms with Crippen molar-refractivity contribution in [2.45, 2.75) is 76.6 Å². The van der Waals surface area contributed by atoms with Crippen LogP contribution in [0.3, 0.4) is 0 Å². The Balaban J connectivity index is 1.37. The van der Waals surface area contributed by atoms with Gasteiger partial charge in [-0.1, -0.05) is 12.1 Å². The molecule has 0 radical (unpaired) electrons. The second-order valence-electron chi connectivity index (χ2n) is 9.11. The van der Waals surface area contributed by atoms with Gasteiger partial charge in [-0.15, -0.1) is 0 Å². The summed E-state index contributed by atoms with van der Waals surface area (Å²) in [5, 5.41) is 25.5. The number of pyridine rings is 1. The molecule has 2 aromatic rings. The van der Waals surface area contributed by atoms with E-state index in [1.165, 1.54) is 0 Å². The van der Waals surface area contributed by atoms with Crippen LogP contribution in [0.1, 0.15) is 57.9 Å². The number of hydrogen-bond acceptors (Lipinski definition) is 7. The van der Waals surface area contributed by atoms with Gasteiger partial charge in [-0.25, -0.2) is 9.67 Å². The highest BCUT2D eigenvalue weighted by Crippen LogP contribution is 2.45. The number of aliphatic carboxylic acids is 1. The van der Waals surface area contributed by atoms with Crippen molar-refractivity contribution in [3.05, 3.63) is 18.0 Å². The monoisotopic (exact) mass is 440 g/mol. The molecule has 32 heavy (non-hydrogen) atoms. The highest BCUT2D eigenvalue weighted by Gasteiger charge is 2.51. The van der Waals surface area contributed by atoms with Crippen LogP contribution in [0.25, 0.3) is 11.0 Å². The zero-order valence-electron chi connectivity index (χ0n) is 18.3. The molecule has 3 N–H and O–H groups in total. The lowest BCUT2D eigenvalue weighted by molar-refractivity contribution is -0.144. The van der Waals surface area contributed by atoms with Crippen LogP contribution in [0.15, 0.2) is 17.5 Å². The van der Waals surface area contributed by atoms with Gasteiger partial charge in [0.2, 0.25) is 5.91 Å². The van der Waals surface area contributed by atoms with Gasteiger partial charge >= 0.3 is 5.97 Å². The van der Waals surface area contributed by atoms with E-state index in [-0.39, 0.29) is 29.5 Å². The average Bonchev–Trinajstić information content (AvgIpc) is 3.34. The number of anilines is 1. The predicted molar refractivity (Wildman–Crippen MR) is 117 cm³/mol. The number of aromatic nitrogens is 3. The first-order valence-electron chi connectivity index (χ1n) is 11.3. The molecule has 0 bridgehead atoms. The minimum atomic E-state index is -0.743. The van der Waals surface area contributed by atoms with Crippen molar-refractivity contribution in [2.24, 2.45) is 11.1 Å². The fraction of sp³-hybridized carbons (Fsp3) is 0.591. The minimum Gasteiger partial charge on any atom is -0.481 e. The molecular formula is C22H28N6O4. The van der Waals surface area contributed by atoms with Crippen molar-refractivity contribution in [3.8, 4) is 0 Å². The fourth-order valence-electron chi connectivity index (χ4n) is 4.93. The van der Waals surface area contributed by atoms with E-state index in [0.29, 0.717) is 32.2 Å². The van der Waals surface area contributed by atoms with Gasteiger partial charge in [-0.3, -0.25) is 9.59 Å². The number of oxime groups is 1.